The van der Waals surface area contributed by atoms with Crippen LogP contribution in [0.25, 0.3) is 0 Å². The highest BCUT2D eigenvalue weighted by molar-refractivity contribution is 7.72. The summed E-state index contributed by atoms with van der Waals surface area (Å²) >= 11 is 10.7. The molecular formula is C7H3Cl2F3O2S. The summed E-state index contributed by atoms with van der Waals surface area (Å²) in [6.45, 7) is 0. The van der Waals surface area contributed by atoms with Gasteiger partial charge in [0.05, 0.1) is 15.6 Å². The van der Waals surface area contributed by atoms with Crippen LogP contribution >= 0.6 is 23.2 Å². The van der Waals surface area contributed by atoms with E-state index in [2.05, 4.69) is 0 Å². The molecule has 8 heteroatoms. The van der Waals surface area contributed by atoms with Crippen molar-refractivity contribution in [2.75, 3.05) is 0 Å². The van der Waals surface area contributed by atoms with E-state index in [1.807, 2.05) is 0 Å². The lowest BCUT2D eigenvalue weighted by Crippen LogP contribution is -2.05. The van der Waals surface area contributed by atoms with Crippen LogP contribution in [0.4, 0.5) is 13.2 Å². The van der Waals surface area contributed by atoms with Gasteiger partial charge in [-0.25, -0.2) is 8.42 Å². The van der Waals surface area contributed by atoms with Gasteiger partial charge >= 0.3 is 6.18 Å². The van der Waals surface area contributed by atoms with Crippen molar-refractivity contribution in [1.82, 2.24) is 0 Å². The summed E-state index contributed by atoms with van der Waals surface area (Å²) in [6.07, 6.45) is -4.61. The highest BCUT2D eigenvalue weighted by Crippen LogP contribution is 2.36. The maximum absolute atomic E-state index is 12.2. The van der Waals surface area contributed by atoms with E-state index in [4.69, 9.17) is 23.2 Å². The minimum absolute atomic E-state index is 0.499. The van der Waals surface area contributed by atoms with E-state index >= 15 is 0 Å². The lowest BCUT2D eigenvalue weighted by molar-refractivity contribution is -0.137. The Morgan fingerprint density at radius 1 is 1.07 bits per heavy atom. The molecule has 0 N–H and O–H groups in total. The number of hydrogen-bond donors (Lipinski definition) is 1. The quantitative estimate of drug-likeness (QED) is 0.802. The normalized spacial score (nSPS) is 12.1. The molecule has 0 aliphatic rings. The van der Waals surface area contributed by atoms with Gasteiger partial charge in [-0.1, -0.05) is 23.2 Å². The smallest absolute Gasteiger partial charge is 0.227 e. The highest BCUT2D eigenvalue weighted by atomic mass is 35.5. The van der Waals surface area contributed by atoms with Gasteiger partial charge < -0.3 is 0 Å². The average molecular weight is 279 g/mol. The molecule has 2 nitrogen and oxygen atoms in total. The van der Waals surface area contributed by atoms with Gasteiger partial charge in [0.2, 0.25) is 0 Å². The van der Waals surface area contributed by atoms with E-state index in [-0.39, 0.29) is 0 Å². The first kappa shape index (κ1) is 12.6. The van der Waals surface area contributed by atoms with Crippen molar-refractivity contribution < 1.29 is 21.6 Å². The minimum Gasteiger partial charge on any atom is -0.227 e. The molecule has 1 aromatic rings. The molecule has 0 atom stereocenters. The Balaban J connectivity index is 3.45. The van der Waals surface area contributed by atoms with E-state index < -0.39 is 37.4 Å². The summed E-state index contributed by atoms with van der Waals surface area (Å²) in [4.78, 5) is -0.499. The van der Waals surface area contributed by atoms with E-state index in [0.29, 0.717) is 12.1 Å². The van der Waals surface area contributed by atoms with Gasteiger partial charge in [0.15, 0.2) is 10.7 Å². The second-order valence-corrected chi connectivity index (χ2v) is 4.32. The van der Waals surface area contributed by atoms with E-state index in [0.717, 1.165) is 0 Å². The Hall–Kier alpha value is -0.460. The van der Waals surface area contributed by atoms with Crippen LogP contribution in [0.1, 0.15) is 5.56 Å². The van der Waals surface area contributed by atoms with Crippen LogP contribution in [-0.4, -0.2) is 8.42 Å². The second-order valence-electron chi connectivity index (χ2n) is 2.54. The standard InChI is InChI=1S/C7H3Cl2F3O2S/c8-4-1-3(7(10,11)12)2-5(9)6(4)15(13)14/h1-2,15H. The SMILES string of the molecule is O=[SH](=O)c1c(Cl)cc(C(F)(F)F)cc1Cl. The Morgan fingerprint density at radius 2 is 1.47 bits per heavy atom. The zero-order valence-electron chi connectivity index (χ0n) is 6.81. The van der Waals surface area contributed by atoms with Gasteiger partial charge in [-0.05, 0) is 12.1 Å². The van der Waals surface area contributed by atoms with Crippen molar-refractivity contribution in [3.8, 4) is 0 Å². The third-order valence-electron chi connectivity index (χ3n) is 1.53. The van der Waals surface area contributed by atoms with Crippen LogP contribution in [0.2, 0.25) is 10.0 Å². The maximum atomic E-state index is 12.2. The van der Waals surface area contributed by atoms with Gasteiger partial charge in [0, 0.05) is 0 Å². The van der Waals surface area contributed by atoms with E-state index in [1.54, 1.807) is 0 Å². The lowest BCUT2D eigenvalue weighted by atomic mass is 10.2. The number of halogens is 5. The minimum atomic E-state index is -4.61. The second kappa shape index (κ2) is 4.19. The van der Waals surface area contributed by atoms with Crippen LogP contribution in [0, 0.1) is 0 Å². The van der Waals surface area contributed by atoms with Crippen molar-refractivity contribution in [2.45, 2.75) is 11.1 Å². The molecule has 1 aromatic carbocycles. The number of hydrogen-bond acceptors (Lipinski definition) is 2. The number of benzene rings is 1. The Labute approximate surface area is 94.6 Å². The van der Waals surface area contributed by atoms with E-state index in [1.165, 1.54) is 0 Å². The predicted octanol–water partition coefficient (Wildman–Crippen LogP) is 2.98. The van der Waals surface area contributed by atoms with Gasteiger partial charge in [-0.3, -0.25) is 0 Å². The maximum Gasteiger partial charge on any atom is 0.416 e. The first-order chi connectivity index (χ1) is 6.73. The third-order valence-corrected chi connectivity index (χ3v) is 3.23. The Bertz CT molecular complexity index is 437. The monoisotopic (exact) mass is 278 g/mol. The van der Waals surface area contributed by atoms with Crippen molar-refractivity contribution in [3.05, 3.63) is 27.7 Å². The molecule has 0 saturated carbocycles. The van der Waals surface area contributed by atoms with Crippen LogP contribution in [0.15, 0.2) is 17.0 Å². The first-order valence-corrected chi connectivity index (χ1v) is 5.37. The summed E-state index contributed by atoms with van der Waals surface area (Å²) in [7, 11) is -3.12. The Kier molecular flexibility index (Phi) is 3.52. The third kappa shape index (κ3) is 2.76. The molecule has 84 valence electrons. The summed E-state index contributed by atoms with van der Waals surface area (Å²) in [5.74, 6) is 0. The van der Waals surface area contributed by atoms with Gasteiger partial charge in [0.1, 0.15) is 4.90 Å². The molecule has 0 amide bonds. The number of thiol groups is 1. The number of rotatable bonds is 1. The van der Waals surface area contributed by atoms with Crippen LogP contribution in [0.5, 0.6) is 0 Å². The average Bonchev–Trinajstić information content (AvgIpc) is 1.99. The molecule has 0 fully saturated rings. The predicted molar refractivity (Wildman–Crippen MR) is 50.0 cm³/mol. The summed E-state index contributed by atoms with van der Waals surface area (Å²) in [5.41, 5.74) is -1.09. The fourth-order valence-corrected chi connectivity index (χ4v) is 2.28. The molecule has 0 aliphatic heterocycles. The molecule has 0 radical (unpaired) electrons. The van der Waals surface area contributed by atoms with Crippen LogP contribution in [-0.2, 0) is 16.9 Å². The van der Waals surface area contributed by atoms with Crippen LogP contribution < -0.4 is 0 Å². The number of alkyl halides is 3. The molecule has 15 heavy (non-hydrogen) atoms. The largest absolute Gasteiger partial charge is 0.416 e. The van der Waals surface area contributed by atoms with Gasteiger partial charge in [0.25, 0.3) is 0 Å². The van der Waals surface area contributed by atoms with Gasteiger partial charge in [-0.15, -0.1) is 0 Å². The zero-order chi connectivity index (χ0) is 11.8. The zero-order valence-corrected chi connectivity index (χ0v) is 9.21. The Morgan fingerprint density at radius 3 is 1.73 bits per heavy atom. The van der Waals surface area contributed by atoms with Crippen molar-refractivity contribution in [2.24, 2.45) is 0 Å². The topological polar surface area (TPSA) is 34.1 Å². The summed E-state index contributed by atoms with van der Waals surface area (Å²) in [5, 5.41) is -1.07. The molecule has 0 saturated heterocycles. The molecule has 0 aliphatic carbocycles. The first-order valence-electron chi connectivity index (χ1n) is 3.44. The highest BCUT2D eigenvalue weighted by Gasteiger charge is 2.32. The lowest BCUT2D eigenvalue weighted by Gasteiger charge is -2.08. The fourth-order valence-electron chi connectivity index (χ4n) is 0.904. The summed E-state index contributed by atoms with van der Waals surface area (Å²) in [6, 6.07) is 1.04. The molecule has 1 rings (SSSR count). The van der Waals surface area contributed by atoms with E-state index in [9.17, 15) is 21.6 Å². The molecule has 0 bridgehead atoms. The van der Waals surface area contributed by atoms with Gasteiger partial charge in [-0.2, -0.15) is 13.2 Å². The fraction of sp³-hybridized carbons (Fsp3) is 0.143. The molecule has 0 aromatic heterocycles. The molecule has 0 unspecified atom stereocenters. The molecular weight excluding hydrogens is 276 g/mol. The van der Waals surface area contributed by atoms with Crippen molar-refractivity contribution in [3.63, 3.8) is 0 Å². The van der Waals surface area contributed by atoms with Crippen LogP contribution in [0.3, 0.4) is 0 Å². The molecule has 0 heterocycles. The van der Waals surface area contributed by atoms with Crippen molar-refractivity contribution in [1.29, 1.82) is 0 Å². The van der Waals surface area contributed by atoms with Crippen molar-refractivity contribution >= 4 is 33.9 Å². The molecule has 0 spiro atoms. The summed E-state index contributed by atoms with van der Waals surface area (Å²) < 4.78 is 57.8.